The minimum absolute atomic E-state index is 0.0220. The molecule has 0 unspecified atom stereocenters. The fourth-order valence-corrected chi connectivity index (χ4v) is 5.80. The van der Waals surface area contributed by atoms with E-state index in [0.29, 0.717) is 36.0 Å². The number of benzene rings is 1. The Labute approximate surface area is 211 Å². The molecule has 1 aromatic carbocycles. The third-order valence-corrected chi connectivity index (χ3v) is 8.08. The molecule has 0 spiro atoms. The number of aromatic nitrogens is 3. The number of hydrogen-bond acceptors (Lipinski definition) is 6. The molecule has 0 radical (unpaired) electrons. The fraction of sp³-hybridized carbons (Fsp3) is 0.536. The molecule has 2 saturated carbocycles. The Hall–Kier alpha value is -2.97. The van der Waals surface area contributed by atoms with Gasteiger partial charge in [-0.2, -0.15) is 5.10 Å². The van der Waals surface area contributed by atoms with Crippen LogP contribution in [0.5, 0.6) is 5.75 Å². The molecular weight excluding hydrogens is 456 g/mol. The Kier molecular flexibility index (Phi) is 6.63. The van der Waals surface area contributed by atoms with Crippen LogP contribution in [0.1, 0.15) is 73.5 Å². The van der Waals surface area contributed by atoms with Gasteiger partial charge < -0.3 is 14.6 Å². The summed E-state index contributed by atoms with van der Waals surface area (Å²) in [5, 5.41) is 15.6. The summed E-state index contributed by atoms with van der Waals surface area (Å²) in [6.45, 7) is 2.87. The zero-order valence-corrected chi connectivity index (χ0v) is 20.6. The van der Waals surface area contributed by atoms with Gasteiger partial charge in [0.2, 0.25) is 0 Å². The van der Waals surface area contributed by atoms with Gasteiger partial charge in [-0.25, -0.2) is 14.5 Å². The molecule has 8 nitrogen and oxygen atoms in total. The normalized spacial score (nSPS) is 19.4. The molecule has 6 rings (SSSR count). The first kappa shape index (κ1) is 23.4. The van der Waals surface area contributed by atoms with Crippen molar-refractivity contribution in [2.45, 2.75) is 69.4 Å². The number of rotatable bonds is 9. The molecule has 0 bridgehead atoms. The molecule has 36 heavy (non-hydrogen) atoms. The minimum atomic E-state index is -1.07. The van der Waals surface area contributed by atoms with E-state index in [0.717, 1.165) is 49.4 Å². The lowest BCUT2D eigenvalue weighted by Gasteiger charge is -2.43. The van der Waals surface area contributed by atoms with Crippen LogP contribution < -0.4 is 4.74 Å². The Bertz CT molecular complexity index is 1210. The van der Waals surface area contributed by atoms with Crippen molar-refractivity contribution in [3.05, 3.63) is 47.8 Å². The van der Waals surface area contributed by atoms with Crippen LogP contribution in [-0.4, -0.2) is 69.2 Å². The number of carboxylic acid groups (broad SMARTS) is 1. The van der Waals surface area contributed by atoms with E-state index in [1.165, 1.54) is 38.5 Å². The molecular formula is C28H34N4O4. The molecule has 1 aliphatic heterocycles. The molecule has 2 aliphatic carbocycles. The molecule has 0 atom stereocenters. The average Bonchev–Trinajstić information content (AvgIpc) is 3.21. The summed E-state index contributed by atoms with van der Waals surface area (Å²) in [5.41, 5.74) is 2.36. The van der Waals surface area contributed by atoms with E-state index in [2.05, 4.69) is 9.88 Å². The predicted molar refractivity (Wildman–Crippen MR) is 136 cm³/mol. The van der Waals surface area contributed by atoms with E-state index in [-0.39, 0.29) is 5.69 Å². The molecule has 2 aromatic heterocycles. The highest BCUT2D eigenvalue weighted by Gasteiger charge is 2.33. The second-order valence-corrected chi connectivity index (χ2v) is 10.3. The first-order chi connectivity index (χ1) is 17.7. The molecule has 3 heterocycles. The van der Waals surface area contributed by atoms with Crippen molar-refractivity contribution in [1.82, 2.24) is 19.7 Å². The van der Waals surface area contributed by atoms with Gasteiger partial charge in [-0.3, -0.25) is 4.90 Å². The van der Waals surface area contributed by atoms with Crippen molar-refractivity contribution in [3.63, 3.8) is 0 Å². The quantitative estimate of drug-likeness (QED) is 0.461. The molecule has 190 valence electrons. The maximum Gasteiger partial charge on any atom is 0.354 e. The van der Waals surface area contributed by atoms with Crippen LogP contribution >= 0.6 is 0 Å². The number of fused-ring (bicyclic) bond motifs is 1. The van der Waals surface area contributed by atoms with E-state index in [1.54, 1.807) is 10.7 Å². The number of aromatic carboxylic acids is 1. The molecule has 0 amide bonds. The van der Waals surface area contributed by atoms with Gasteiger partial charge in [-0.1, -0.05) is 43.9 Å². The minimum Gasteiger partial charge on any atom is -0.491 e. The highest BCUT2D eigenvalue weighted by Crippen LogP contribution is 2.42. The maximum atomic E-state index is 12.0. The molecule has 1 saturated heterocycles. The molecule has 8 heteroatoms. The van der Waals surface area contributed by atoms with Crippen LogP contribution in [0.3, 0.4) is 0 Å². The van der Waals surface area contributed by atoms with Gasteiger partial charge in [0.15, 0.2) is 11.3 Å². The lowest BCUT2D eigenvalue weighted by atomic mass is 9.82. The molecule has 3 fully saturated rings. The zero-order chi connectivity index (χ0) is 24.5. The van der Waals surface area contributed by atoms with Gasteiger partial charge in [-0.15, -0.1) is 0 Å². The van der Waals surface area contributed by atoms with E-state index in [4.69, 9.17) is 14.6 Å². The van der Waals surface area contributed by atoms with Gasteiger partial charge >= 0.3 is 5.97 Å². The zero-order valence-electron chi connectivity index (χ0n) is 20.6. The molecule has 3 aromatic rings. The number of carboxylic acids is 1. The van der Waals surface area contributed by atoms with E-state index in [9.17, 15) is 9.90 Å². The first-order valence-electron chi connectivity index (χ1n) is 13.4. The monoisotopic (exact) mass is 490 g/mol. The van der Waals surface area contributed by atoms with Crippen molar-refractivity contribution in [2.24, 2.45) is 0 Å². The van der Waals surface area contributed by atoms with E-state index < -0.39 is 5.97 Å². The standard InChI is InChI=1S/C28H34N4O4/c33-28(34)23-16-24(36-15-14-31(22-17-35-18-22)20-10-3-1-4-11-20)25-26(19-8-7-9-19)30-32(27(25)29-23)21-12-5-2-6-13-21/h2,5-6,12-13,16,19-20,22H,1,3-4,7-11,14-15,17-18H2,(H,33,34). The smallest absolute Gasteiger partial charge is 0.354 e. The van der Waals surface area contributed by atoms with Crippen LogP contribution in [0.4, 0.5) is 0 Å². The summed E-state index contributed by atoms with van der Waals surface area (Å²) in [4.78, 5) is 19.1. The van der Waals surface area contributed by atoms with Crippen LogP contribution in [-0.2, 0) is 4.74 Å². The van der Waals surface area contributed by atoms with Crippen molar-refractivity contribution in [2.75, 3.05) is 26.4 Å². The highest BCUT2D eigenvalue weighted by atomic mass is 16.5. The average molecular weight is 491 g/mol. The number of para-hydroxylation sites is 1. The first-order valence-corrected chi connectivity index (χ1v) is 13.4. The van der Waals surface area contributed by atoms with Gasteiger partial charge in [-0.05, 0) is 37.8 Å². The summed E-state index contributed by atoms with van der Waals surface area (Å²) >= 11 is 0. The number of ether oxygens (including phenoxy) is 2. The molecule has 3 aliphatic rings. The number of nitrogens with zero attached hydrogens (tertiary/aromatic N) is 4. The molecule has 1 N–H and O–H groups in total. The van der Waals surface area contributed by atoms with Crippen molar-refractivity contribution < 1.29 is 19.4 Å². The second kappa shape index (κ2) is 10.2. The lowest BCUT2D eigenvalue weighted by molar-refractivity contribution is -0.0864. The van der Waals surface area contributed by atoms with Gasteiger partial charge in [0.05, 0.1) is 36.0 Å². The fourth-order valence-electron chi connectivity index (χ4n) is 5.80. The number of carbonyl (C=O) groups is 1. The van der Waals surface area contributed by atoms with Gasteiger partial charge in [0, 0.05) is 24.6 Å². The number of hydrogen-bond donors (Lipinski definition) is 1. The van der Waals surface area contributed by atoms with Crippen LogP contribution in [0, 0.1) is 0 Å². The van der Waals surface area contributed by atoms with Crippen LogP contribution in [0.25, 0.3) is 16.7 Å². The topological polar surface area (TPSA) is 89.7 Å². The second-order valence-electron chi connectivity index (χ2n) is 10.3. The predicted octanol–water partition coefficient (Wildman–Crippen LogP) is 4.80. The van der Waals surface area contributed by atoms with Crippen molar-refractivity contribution >= 4 is 17.0 Å². The SMILES string of the molecule is O=C(O)c1cc(OCCN(C2CCCCC2)C2COC2)c2c(C3CCC3)nn(-c3ccccc3)c2n1. The highest BCUT2D eigenvalue weighted by molar-refractivity contribution is 5.94. The summed E-state index contributed by atoms with van der Waals surface area (Å²) in [6, 6.07) is 12.4. The Morgan fingerprint density at radius 1 is 1.06 bits per heavy atom. The van der Waals surface area contributed by atoms with E-state index >= 15 is 0 Å². The van der Waals surface area contributed by atoms with Crippen LogP contribution in [0.15, 0.2) is 36.4 Å². The van der Waals surface area contributed by atoms with Crippen molar-refractivity contribution in [1.29, 1.82) is 0 Å². The summed E-state index contributed by atoms with van der Waals surface area (Å²) < 4.78 is 13.7. The summed E-state index contributed by atoms with van der Waals surface area (Å²) in [7, 11) is 0. The van der Waals surface area contributed by atoms with Gasteiger partial charge in [0.1, 0.15) is 12.4 Å². The largest absolute Gasteiger partial charge is 0.491 e. The van der Waals surface area contributed by atoms with Crippen molar-refractivity contribution in [3.8, 4) is 11.4 Å². The van der Waals surface area contributed by atoms with E-state index in [1.807, 2.05) is 30.3 Å². The van der Waals surface area contributed by atoms with Gasteiger partial charge in [0.25, 0.3) is 0 Å². The Morgan fingerprint density at radius 2 is 1.83 bits per heavy atom. The summed E-state index contributed by atoms with van der Waals surface area (Å²) in [6.07, 6.45) is 9.70. The Morgan fingerprint density at radius 3 is 2.47 bits per heavy atom. The maximum absolute atomic E-state index is 12.0. The van der Waals surface area contributed by atoms with Crippen LogP contribution in [0.2, 0.25) is 0 Å². The lowest BCUT2D eigenvalue weighted by Crippen LogP contribution is -2.55. The third-order valence-electron chi connectivity index (χ3n) is 8.08. The number of pyridine rings is 1. The Balaban J connectivity index is 1.34. The third kappa shape index (κ3) is 4.48. The summed E-state index contributed by atoms with van der Waals surface area (Å²) in [5.74, 6) is -0.138.